The number of ether oxygens (including phenoxy) is 1. The molecule has 1 N–H and O–H groups in total. The van der Waals surface area contributed by atoms with Crippen LogP contribution in [0.5, 0.6) is 0 Å². The third kappa shape index (κ3) is 4.39. The van der Waals surface area contributed by atoms with Crippen LogP contribution in [0.1, 0.15) is 25.7 Å². The van der Waals surface area contributed by atoms with Crippen molar-refractivity contribution in [2.24, 2.45) is 5.92 Å². The Balaban J connectivity index is 1.51. The molecule has 4 rings (SSSR count). The number of nitrogens with zero attached hydrogens (tertiary/aromatic N) is 3. The van der Waals surface area contributed by atoms with Crippen molar-refractivity contribution in [1.29, 1.82) is 0 Å². The number of aromatic nitrogens is 2. The van der Waals surface area contributed by atoms with Gasteiger partial charge in [0, 0.05) is 26.2 Å². The van der Waals surface area contributed by atoms with Gasteiger partial charge in [0.15, 0.2) is 0 Å². The average molecular weight is 453 g/mol. The lowest BCUT2D eigenvalue weighted by molar-refractivity contribution is 0.0595. The predicted molar refractivity (Wildman–Crippen MR) is 115 cm³/mol. The van der Waals surface area contributed by atoms with Gasteiger partial charge in [-0.3, -0.25) is 4.79 Å². The van der Waals surface area contributed by atoms with E-state index in [1.807, 2.05) is 0 Å². The zero-order valence-corrected chi connectivity index (χ0v) is 18.2. The maximum Gasteiger partial charge on any atom is 0.292 e. The van der Waals surface area contributed by atoms with Gasteiger partial charge in [0.05, 0.1) is 29.1 Å². The van der Waals surface area contributed by atoms with Crippen LogP contribution in [0.25, 0.3) is 5.69 Å². The Morgan fingerprint density at radius 3 is 2.57 bits per heavy atom. The molecule has 0 unspecified atom stereocenters. The van der Waals surface area contributed by atoms with Crippen molar-refractivity contribution in [1.82, 2.24) is 14.1 Å². The molecule has 1 aromatic carbocycles. The molecular weight excluding hydrogens is 428 g/mol. The van der Waals surface area contributed by atoms with Crippen LogP contribution in [0, 0.1) is 5.92 Å². The molecular formula is C20H25ClN4O4S. The van der Waals surface area contributed by atoms with Crippen LogP contribution in [0.4, 0.5) is 5.69 Å². The van der Waals surface area contributed by atoms with Crippen LogP contribution in [0.2, 0.25) is 5.02 Å². The molecule has 0 amide bonds. The summed E-state index contributed by atoms with van der Waals surface area (Å²) in [6.45, 7) is 3.24. The van der Waals surface area contributed by atoms with Crippen molar-refractivity contribution < 1.29 is 13.2 Å². The fourth-order valence-corrected chi connectivity index (χ4v) is 5.51. The second kappa shape index (κ2) is 9.05. The minimum atomic E-state index is -3.50. The molecule has 8 nitrogen and oxygen atoms in total. The molecule has 1 aromatic heterocycles. The van der Waals surface area contributed by atoms with Crippen molar-refractivity contribution in [2.45, 2.75) is 30.6 Å². The first-order valence-electron chi connectivity index (χ1n) is 10.2. The van der Waals surface area contributed by atoms with Gasteiger partial charge in [-0.15, -0.1) is 0 Å². The number of nitrogens with one attached hydrogen (secondary N) is 1. The normalized spacial score (nSPS) is 20.4. The maximum absolute atomic E-state index is 12.7. The van der Waals surface area contributed by atoms with E-state index in [9.17, 15) is 13.2 Å². The first-order valence-corrected chi connectivity index (χ1v) is 12.0. The highest BCUT2D eigenvalue weighted by molar-refractivity contribution is 7.89. The van der Waals surface area contributed by atoms with Gasteiger partial charge in [-0.25, -0.2) is 8.42 Å². The molecule has 2 fully saturated rings. The molecule has 1 atom stereocenters. The first kappa shape index (κ1) is 21.3. The molecule has 162 valence electrons. The van der Waals surface area contributed by atoms with Crippen molar-refractivity contribution in [2.75, 3.05) is 38.2 Å². The Bertz CT molecular complexity index is 1040. The highest BCUT2D eigenvalue weighted by Gasteiger charge is 2.27. The molecule has 10 heteroatoms. The lowest BCUT2D eigenvalue weighted by Crippen LogP contribution is -2.28. The lowest BCUT2D eigenvalue weighted by atomic mass is 10.0. The van der Waals surface area contributed by atoms with Gasteiger partial charge in [-0.05, 0) is 55.9 Å². The van der Waals surface area contributed by atoms with E-state index in [1.165, 1.54) is 27.3 Å². The van der Waals surface area contributed by atoms with Crippen LogP contribution in [0.3, 0.4) is 0 Å². The van der Waals surface area contributed by atoms with Gasteiger partial charge in [0.25, 0.3) is 5.56 Å². The summed E-state index contributed by atoms with van der Waals surface area (Å²) in [7, 11) is -3.50. The highest BCUT2D eigenvalue weighted by atomic mass is 35.5. The second-order valence-electron chi connectivity index (χ2n) is 7.66. The fourth-order valence-electron chi connectivity index (χ4n) is 3.80. The molecule has 3 heterocycles. The van der Waals surface area contributed by atoms with Crippen molar-refractivity contribution >= 4 is 27.3 Å². The van der Waals surface area contributed by atoms with Crippen LogP contribution < -0.4 is 10.9 Å². The Morgan fingerprint density at radius 1 is 1.17 bits per heavy atom. The number of benzene rings is 1. The molecule has 0 spiro atoms. The number of hydrogen-bond acceptors (Lipinski definition) is 6. The molecule has 2 saturated heterocycles. The zero-order chi connectivity index (χ0) is 21.1. The monoisotopic (exact) mass is 452 g/mol. The smallest absolute Gasteiger partial charge is 0.292 e. The largest absolute Gasteiger partial charge is 0.382 e. The molecule has 0 saturated carbocycles. The number of hydrogen-bond donors (Lipinski definition) is 1. The van der Waals surface area contributed by atoms with E-state index in [1.54, 1.807) is 12.1 Å². The minimum absolute atomic E-state index is 0.0514. The quantitative estimate of drug-likeness (QED) is 0.723. The van der Waals surface area contributed by atoms with E-state index in [2.05, 4.69) is 10.4 Å². The summed E-state index contributed by atoms with van der Waals surface area (Å²) in [5.74, 6) is 0.377. The number of halogens is 1. The molecule has 2 aliphatic rings. The second-order valence-corrected chi connectivity index (χ2v) is 9.97. The van der Waals surface area contributed by atoms with Gasteiger partial charge < -0.3 is 10.1 Å². The maximum atomic E-state index is 12.7. The predicted octanol–water partition coefficient (Wildman–Crippen LogP) is 2.51. The Morgan fingerprint density at radius 2 is 1.90 bits per heavy atom. The third-order valence-electron chi connectivity index (χ3n) is 5.54. The van der Waals surface area contributed by atoms with Crippen molar-refractivity contribution in [3.8, 4) is 5.69 Å². The molecule has 0 radical (unpaired) electrons. The summed E-state index contributed by atoms with van der Waals surface area (Å²) in [4.78, 5) is 12.9. The molecule has 2 aromatic rings. The van der Waals surface area contributed by atoms with Gasteiger partial charge in [-0.2, -0.15) is 14.1 Å². The Kier molecular flexibility index (Phi) is 6.43. The number of rotatable bonds is 6. The van der Waals surface area contributed by atoms with Gasteiger partial charge in [-0.1, -0.05) is 11.6 Å². The van der Waals surface area contributed by atoms with Gasteiger partial charge >= 0.3 is 0 Å². The number of sulfonamides is 1. The minimum Gasteiger partial charge on any atom is -0.382 e. The van der Waals surface area contributed by atoms with E-state index < -0.39 is 15.6 Å². The standard InChI is InChI=1S/C20H25ClN4O4S/c21-19-18(22-12-15-4-3-11-29-14-15)13-23-25(20(19)26)16-5-7-17(8-6-16)30(27,28)24-9-1-2-10-24/h5-8,13,15,22H,1-4,9-12,14H2/t15-/m1/s1. The summed E-state index contributed by atoms with van der Waals surface area (Å²) < 4.78 is 33.4. The summed E-state index contributed by atoms with van der Waals surface area (Å²) >= 11 is 6.29. The van der Waals surface area contributed by atoms with Crippen LogP contribution in [-0.2, 0) is 14.8 Å². The Labute approximate surface area is 180 Å². The summed E-state index contributed by atoms with van der Waals surface area (Å²) in [5, 5.41) is 7.45. The third-order valence-corrected chi connectivity index (χ3v) is 7.82. The Hall–Kier alpha value is -1.94. The van der Waals surface area contributed by atoms with Crippen LogP contribution >= 0.6 is 11.6 Å². The summed E-state index contributed by atoms with van der Waals surface area (Å²) in [5.41, 5.74) is 0.475. The van der Waals surface area contributed by atoms with Gasteiger partial charge in [0.2, 0.25) is 10.0 Å². The summed E-state index contributed by atoms with van der Waals surface area (Å²) in [6, 6.07) is 6.14. The van der Waals surface area contributed by atoms with Crippen molar-refractivity contribution in [3.05, 3.63) is 45.8 Å². The summed E-state index contributed by atoms with van der Waals surface area (Å²) in [6.07, 6.45) is 5.38. The van der Waals surface area contributed by atoms with E-state index in [0.717, 1.165) is 32.3 Å². The topological polar surface area (TPSA) is 93.5 Å². The highest BCUT2D eigenvalue weighted by Crippen LogP contribution is 2.23. The molecule has 0 bridgehead atoms. The van der Waals surface area contributed by atoms with Crippen LogP contribution in [-0.4, -0.2) is 55.4 Å². The van der Waals surface area contributed by atoms with E-state index in [-0.39, 0.29) is 9.92 Å². The SMILES string of the molecule is O=c1c(Cl)c(NC[C@H]2CCCOC2)cnn1-c1ccc(S(=O)(=O)N2CCCC2)cc1. The average Bonchev–Trinajstić information content (AvgIpc) is 3.32. The lowest BCUT2D eigenvalue weighted by Gasteiger charge is -2.22. The number of anilines is 1. The first-order chi connectivity index (χ1) is 14.5. The van der Waals surface area contributed by atoms with Crippen molar-refractivity contribution in [3.63, 3.8) is 0 Å². The fraction of sp³-hybridized carbons (Fsp3) is 0.500. The van der Waals surface area contributed by atoms with Crippen LogP contribution in [0.15, 0.2) is 40.2 Å². The van der Waals surface area contributed by atoms with E-state index >= 15 is 0 Å². The van der Waals surface area contributed by atoms with E-state index in [0.29, 0.717) is 43.5 Å². The zero-order valence-electron chi connectivity index (χ0n) is 16.6. The molecule has 30 heavy (non-hydrogen) atoms. The molecule has 2 aliphatic heterocycles. The van der Waals surface area contributed by atoms with Gasteiger partial charge in [0.1, 0.15) is 5.02 Å². The molecule has 0 aliphatic carbocycles. The van der Waals surface area contributed by atoms with E-state index in [4.69, 9.17) is 16.3 Å².